The summed E-state index contributed by atoms with van der Waals surface area (Å²) in [4.78, 5) is 20.5. The van der Waals surface area contributed by atoms with Gasteiger partial charge in [0, 0.05) is 19.6 Å². The van der Waals surface area contributed by atoms with E-state index in [1.54, 1.807) is 24.0 Å². The second-order valence-electron chi connectivity index (χ2n) is 5.77. The van der Waals surface area contributed by atoms with Gasteiger partial charge in [0.25, 0.3) is 0 Å². The van der Waals surface area contributed by atoms with E-state index in [0.29, 0.717) is 19.1 Å². The Morgan fingerprint density at radius 2 is 2.45 bits per heavy atom. The normalized spacial score (nSPS) is 18.7. The van der Waals surface area contributed by atoms with Crippen LogP contribution in [0.3, 0.4) is 0 Å². The maximum atomic E-state index is 12.4. The van der Waals surface area contributed by atoms with Crippen LogP contribution in [0.5, 0.6) is 0 Å². The third-order valence-electron chi connectivity index (χ3n) is 4.13. The molecule has 0 radical (unpaired) electrons. The maximum Gasteiger partial charge on any atom is 0.236 e. The Balaban J connectivity index is 1.53. The van der Waals surface area contributed by atoms with Crippen molar-refractivity contribution >= 4 is 17.2 Å². The van der Waals surface area contributed by atoms with Gasteiger partial charge in [0.2, 0.25) is 5.91 Å². The molecule has 22 heavy (non-hydrogen) atoms. The zero-order chi connectivity index (χ0) is 15.4. The van der Waals surface area contributed by atoms with Gasteiger partial charge in [0.1, 0.15) is 12.7 Å². The average molecular weight is 319 g/mol. The quantitative estimate of drug-likeness (QED) is 0.809. The molecule has 1 aliphatic rings. The molecule has 0 bridgehead atoms. The molecule has 0 aliphatic carbocycles. The molecule has 1 atom stereocenters. The Kier molecular flexibility index (Phi) is 4.84. The number of hydrogen-bond donors (Lipinski definition) is 0. The molecule has 0 saturated carbocycles. The molecule has 0 aromatic carbocycles. The smallest absolute Gasteiger partial charge is 0.236 e. The lowest BCUT2D eigenvalue weighted by Crippen LogP contribution is -2.41. The number of carbonyl (C=O) groups excluding carboxylic acids is 1. The van der Waals surface area contributed by atoms with Crippen LogP contribution in [0.2, 0.25) is 0 Å². The van der Waals surface area contributed by atoms with E-state index in [-0.39, 0.29) is 5.91 Å². The van der Waals surface area contributed by atoms with Crippen molar-refractivity contribution in [3.63, 3.8) is 0 Å². The highest BCUT2D eigenvalue weighted by atomic mass is 32.1. The number of amides is 1. The molecular weight excluding hydrogens is 298 g/mol. The monoisotopic (exact) mass is 319 g/mol. The summed E-state index contributed by atoms with van der Waals surface area (Å²) in [7, 11) is 1.88. The van der Waals surface area contributed by atoms with Gasteiger partial charge in [-0.1, -0.05) is 0 Å². The summed E-state index contributed by atoms with van der Waals surface area (Å²) in [5.41, 5.74) is 1.20. The second kappa shape index (κ2) is 7.02. The van der Waals surface area contributed by atoms with E-state index in [2.05, 4.69) is 26.4 Å². The minimum Gasteiger partial charge on any atom is -0.340 e. The first-order valence-corrected chi connectivity index (χ1v) is 8.48. The molecular formula is C15H21N5OS. The van der Waals surface area contributed by atoms with Crippen molar-refractivity contribution in [1.82, 2.24) is 24.6 Å². The molecule has 1 saturated heterocycles. The summed E-state index contributed by atoms with van der Waals surface area (Å²) in [5, 5.41) is 8.30. The van der Waals surface area contributed by atoms with Gasteiger partial charge in [-0.25, -0.2) is 4.98 Å². The number of thiophene rings is 1. The van der Waals surface area contributed by atoms with Crippen molar-refractivity contribution in [1.29, 1.82) is 0 Å². The number of likely N-dealkylation sites (tertiary alicyclic amines) is 1. The van der Waals surface area contributed by atoms with Crippen LogP contribution in [0.25, 0.3) is 0 Å². The molecule has 1 unspecified atom stereocenters. The second-order valence-corrected chi connectivity index (χ2v) is 6.55. The fourth-order valence-corrected chi connectivity index (χ4v) is 3.55. The van der Waals surface area contributed by atoms with Crippen molar-refractivity contribution in [3.8, 4) is 0 Å². The maximum absolute atomic E-state index is 12.4. The molecule has 0 N–H and O–H groups in total. The van der Waals surface area contributed by atoms with Gasteiger partial charge in [0.15, 0.2) is 0 Å². The van der Waals surface area contributed by atoms with E-state index in [4.69, 9.17) is 0 Å². The lowest BCUT2D eigenvalue weighted by molar-refractivity contribution is -0.131. The Morgan fingerprint density at radius 3 is 3.18 bits per heavy atom. The summed E-state index contributed by atoms with van der Waals surface area (Å²) in [6.07, 6.45) is 5.54. The Bertz CT molecular complexity index is 583. The van der Waals surface area contributed by atoms with Crippen molar-refractivity contribution in [2.24, 2.45) is 0 Å². The standard InChI is InChI=1S/C15H21N5OS/c1-18(7-13-4-6-22-10-13)15(21)9-19-5-2-3-14(19)8-20-12-16-11-17-20/h4,6,10-12,14H,2-3,5,7-9H2,1H3. The van der Waals surface area contributed by atoms with Crippen molar-refractivity contribution < 1.29 is 4.79 Å². The average Bonchev–Trinajstić information content (AvgIpc) is 3.23. The molecule has 0 spiro atoms. The third-order valence-corrected chi connectivity index (χ3v) is 4.86. The van der Waals surface area contributed by atoms with Crippen LogP contribution in [0.4, 0.5) is 0 Å². The topological polar surface area (TPSA) is 54.3 Å². The van der Waals surface area contributed by atoms with Gasteiger partial charge in [-0.3, -0.25) is 14.4 Å². The van der Waals surface area contributed by atoms with Crippen LogP contribution < -0.4 is 0 Å². The summed E-state index contributed by atoms with van der Waals surface area (Å²) < 4.78 is 1.85. The first kappa shape index (κ1) is 15.2. The summed E-state index contributed by atoms with van der Waals surface area (Å²) >= 11 is 1.66. The highest BCUT2D eigenvalue weighted by Crippen LogP contribution is 2.18. The number of likely N-dealkylation sites (N-methyl/N-ethyl adjacent to an activating group) is 1. The molecule has 3 rings (SSSR count). The SMILES string of the molecule is CN(Cc1ccsc1)C(=O)CN1CCCC1Cn1cncn1. The zero-order valence-corrected chi connectivity index (χ0v) is 13.6. The van der Waals surface area contributed by atoms with Crippen LogP contribution in [-0.2, 0) is 17.9 Å². The number of aromatic nitrogens is 3. The predicted octanol–water partition coefficient (Wildman–Crippen LogP) is 1.46. The molecule has 2 aromatic heterocycles. The van der Waals surface area contributed by atoms with Crippen LogP contribution in [0.1, 0.15) is 18.4 Å². The molecule has 6 nitrogen and oxygen atoms in total. The lowest BCUT2D eigenvalue weighted by atomic mass is 10.2. The highest BCUT2D eigenvalue weighted by molar-refractivity contribution is 7.07. The fraction of sp³-hybridized carbons (Fsp3) is 0.533. The van der Waals surface area contributed by atoms with Crippen LogP contribution in [-0.4, -0.2) is 56.7 Å². The molecule has 1 amide bonds. The van der Waals surface area contributed by atoms with E-state index in [1.165, 1.54) is 5.56 Å². The van der Waals surface area contributed by atoms with Crippen molar-refractivity contribution in [3.05, 3.63) is 35.0 Å². The minimum absolute atomic E-state index is 0.177. The largest absolute Gasteiger partial charge is 0.340 e. The van der Waals surface area contributed by atoms with Gasteiger partial charge in [-0.15, -0.1) is 0 Å². The summed E-state index contributed by atoms with van der Waals surface area (Å²) in [6.45, 7) is 2.96. The minimum atomic E-state index is 0.177. The first-order chi connectivity index (χ1) is 10.7. The summed E-state index contributed by atoms with van der Waals surface area (Å²) in [6, 6.07) is 2.44. The third kappa shape index (κ3) is 3.72. The van der Waals surface area contributed by atoms with E-state index in [1.807, 2.05) is 22.0 Å². The zero-order valence-electron chi connectivity index (χ0n) is 12.8. The van der Waals surface area contributed by atoms with E-state index >= 15 is 0 Å². The van der Waals surface area contributed by atoms with Gasteiger partial charge < -0.3 is 4.90 Å². The predicted molar refractivity (Wildman–Crippen MR) is 85.4 cm³/mol. The Morgan fingerprint density at radius 1 is 1.55 bits per heavy atom. The number of hydrogen-bond acceptors (Lipinski definition) is 5. The number of carbonyl (C=O) groups is 1. The number of rotatable bonds is 6. The van der Waals surface area contributed by atoms with E-state index < -0.39 is 0 Å². The van der Waals surface area contributed by atoms with Crippen LogP contribution in [0.15, 0.2) is 29.5 Å². The summed E-state index contributed by atoms with van der Waals surface area (Å²) in [5.74, 6) is 0.177. The first-order valence-electron chi connectivity index (χ1n) is 7.54. The van der Waals surface area contributed by atoms with Crippen molar-refractivity contribution in [2.75, 3.05) is 20.1 Å². The molecule has 1 fully saturated rings. The fourth-order valence-electron chi connectivity index (χ4n) is 2.89. The Labute approximate surface area is 134 Å². The molecule has 2 aromatic rings. The number of nitrogens with zero attached hydrogens (tertiary/aromatic N) is 5. The Hall–Kier alpha value is -1.73. The molecule has 118 valence electrons. The van der Waals surface area contributed by atoms with Gasteiger partial charge >= 0.3 is 0 Å². The van der Waals surface area contributed by atoms with E-state index in [9.17, 15) is 4.79 Å². The van der Waals surface area contributed by atoms with Gasteiger partial charge in [-0.05, 0) is 41.8 Å². The van der Waals surface area contributed by atoms with Gasteiger partial charge in [0.05, 0.1) is 13.1 Å². The molecule has 3 heterocycles. The van der Waals surface area contributed by atoms with Crippen LogP contribution in [0, 0.1) is 0 Å². The van der Waals surface area contributed by atoms with Crippen molar-refractivity contribution in [2.45, 2.75) is 32.0 Å². The molecule has 7 heteroatoms. The van der Waals surface area contributed by atoms with Crippen LogP contribution >= 0.6 is 11.3 Å². The van der Waals surface area contributed by atoms with E-state index in [0.717, 1.165) is 25.9 Å². The lowest BCUT2D eigenvalue weighted by Gasteiger charge is -2.26. The molecule has 1 aliphatic heterocycles. The van der Waals surface area contributed by atoms with Gasteiger partial charge in [-0.2, -0.15) is 16.4 Å². The highest BCUT2D eigenvalue weighted by Gasteiger charge is 2.27.